The molecule has 5 nitrogen and oxygen atoms in total. The fourth-order valence-corrected chi connectivity index (χ4v) is 1.61. The van der Waals surface area contributed by atoms with Gasteiger partial charge in [-0.2, -0.15) is 0 Å². The van der Waals surface area contributed by atoms with Gasteiger partial charge in [0, 0.05) is 12.6 Å². The highest BCUT2D eigenvalue weighted by atomic mass is 16.4. The van der Waals surface area contributed by atoms with Crippen molar-refractivity contribution >= 4 is 12.0 Å². The molecule has 5 heteroatoms. The quantitative estimate of drug-likeness (QED) is 0.555. The number of urea groups is 1. The summed E-state index contributed by atoms with van der Waals surface area (Å²) in [5.41, 5.74) is 0. The molecule has 0 aromatic carbocycles. The molecule has 0 spiro atoms. The van der Waals surface area contributed by atoms with E-state index in [1.54, 1.807) is 0 Å². The van der Waals surface area contributed by atoms with Gasteiger partial charge >= 0.3 is 12.0 Å². The Morgan fingerprint density at radius 1 is 1.17 bits per heavy atom. The van der Waals surface area contributed by atoms with E-state index in [4.69, 9.17) is 5.11 Å². The molecule has 1 unspecified atom stereocenters. The second kappa shape index (κ2) is 9.74. The van der Waals surface area contributed by atoms with Crippen molar-refractivity contribution in [1.29, 1.82) is 0 Å². The zero-order valence-electron chi connectivity index (χ0n) is 11.7. The summed E-state index contributed by atoms with van der Waals surface area (Å²) in [7, 11) is 0. The minimum Gasteiger partial charge on any atom is -0.481 e. The predicted octanol–water partition coefficient (Wildman–Crippen LogP) is 2.37. The molecule has 0 saturated carbocycles. The van der Waals surface area contributed by atoms with E-state index in [0.717, 1.165) is 12.8 Å². The lowest BCUT2D eigenvalue weighted by Crippen LogP contribution is -2.45. The van der Waals surface area contributed by atoms with E-state index in [0.29, 0.717) is 6.54 Å². The van der Waals surface area contributed by atoms with Gasteiger partial charge in [-0.05, 0) is 12.3 Å². The molecule has 0 saturated heterocycles. The number of carbonyl (C=O) groups excluding carboxylic acids is 1. The number of carboxylic acid groups (broad SMARTS) is 1. The summed E-state index contributed by atoms with van der Waals surface area (Å²) < 4.78 is 0. The van der Waals surface area contributed by atoms with Crippen LogP contribution < -0.4 is 10.6 Å². The fraction of sp³-hybridized carbons (Fsp3) is 0.846. The smallest absolute Gasteiger partial charge is 0.315 e. The summed E-state index contributed by atoms with van der Waals surface area (Å²) >= 11 is 0. The molecule has 0 aromatic rings. The Hall–Kier alpha value is -1.26. The molecule has 0 aromatic heterocycles. The topological polar surface area (TPSA) is 78.4 Å². The number of unbranched alkanes of at least 4 members (excludes halogenated alkanes) is 3. The molecule has 0 heterocycles. The van der Waals surface area contributed by atoms with Crippen LogP contribution in [-0.2, 0) is 4.79 Å². The number of carbonyl (C=O) groups is 2. The van der Waals surface area contributed by atoms with Crippen molar-refractivity contribution in [3.8, 4) is 0 Å². The number of aliphatic carboxylic acids is 1. The fourth-order valence-electron chi connectivity index (χ4n) is 1.61. The lowest BCUT2D eigenvalue weighted by molar-refractivity contribution is -0.137. The Kier molecular flexibility index (Phi) is 9.06. The second-order valence-electron chi connectivity index (χ2n) is 4.91. The molecule has 106 valence electrons. The van der Waals surface area contributed by atoms with Crippen LogP contribution in [-0.4, -0.2) is 29.7 Å². The largest absolute Gasteiger partial charge is 0.481 e. The number of hydrogen-bond donors (Lipinski definition) is 3. The molecule has 0 bridgehead atoms. The highest BCUT2D eigenvalue weighted by Gasteiger charge is 2.18. The number of rotatable bonds is 9. The molecule has 3 N–H and O–H groups in total. The molecule has 0 fully saturated rings. The zero-order valence-corrected chi connectivity index (χ0v) is 11.7. The van der Waals surface area contributed by atoms with Gasteiger partial charge in [0.15, 0.2) is 0 Å². The Labute approximate surface area is 109 Å². The van der Waals surface area contributed by atoms with Crippen LogP contribution in [0.4, 0.5) is 4.79 Å². The molecule has 18 heavy (non-hydrogen) atoms. The Morgan fingerprint density at radius 3 is 2.33 bits per heavy atom. The van der Waals surface area contributed by atoms with Crippen LogP contribution in [0.15, 0.2) is 0 Å². The summed E-state index contributed by atoms with van der Waals surface area (Å²) in [4.78, 5) is 22.2. The molecule has 1 atom stereocenters. The summed E-state index contributed by atoms with van der Waals surface area (Å²) in [5, 5.41) is 14.2. The molecular weight excluding hydrogens is 232 g/mol. The first-order chi connectivity index (χ1) is 8.47. The van der Waals surface area contributed by atoms with Crippen molar-refractivity contribution < 1.29 is 14.7 Å². The summed E-state index contributed by atoms with van der Waals surface area (Å²) in [5.74, 6) is -0.788. The SMILES string of the molecule is CCCCCCNC(=O)NC(CC(=O)O)C(C)C. The van der Waals surface area contributed by atoms with Gasteiger partial charge in [0.2, 0.25) is 0 Å². The number of nitrogens with one attached hydrogen (secondary N) is 2. The summed E-state index contributed by atoms with van der Waals surface area (Å²) in [6, 6.07) is -0.593. The van der Waals surface area contributed by atoms with E-state index in [-0.39, 0.29) is 24.4 Å². The van der Waals surface area contributed by atoms with Gasteiger partial charge in [-0.25, -0.2) is 4.79 Å². The van der Waals surface area contributed by atoms with E-state index in [1.807, 2.05) is 13.8 Å². The third-order valence-corrected chi connectivity index (χ3v) is 2.83. The van der Waals surface area contributed by atoms with Gasteiger partial charge in [0.1, 0.15) is 0 Å². The van der Waals surface area contributed by atoms with Crippen molar-refractivity contribution in [3.05, 3.63) is 0 Å². The molecule has 0 aliphatic carbocycles. The van der Waals surface area contributed by atoms with Crippen LogP contribution in [0, 0.1) is 5.92 Å². The number of amides is 2. The van der Waals surface area contributed by atoms with Gasteiger partial charge in [0.25, 0.3) is 0 Å². The van der Waals surface area contributed by atoms with Crippen LogP contribution >= 0.6 is 0 Å². The van der Waals surface area contributed by atoms with Crippen molar-refractivity contribution in [2.75, 3.05) is 6.54 Å². The standard InChI is InChI=1S/C13H26N2O3/c1-4-5-6-7-8-14-13(18)15-11(10(2)3)9-12(16)17/h10-11H,4-9H2,1-3H3,(H,16,17)(H2,14,15,18). The molecular formula is C13H26N2O3. The summed E-state index contributed by atoms with van der Waals surface area (Å²) in [6.07, 6.45) is 4.38. The highest BCUT2D eigenvalue weighted by Crippen LogP contribution is 2.05. The van der Waals surface area contributed by atoms with E-state index >= 15 is 0 Å². The monoisotopic (exact) mass is 258 g/mol. The first-order valence-electron chi connectivity index (χ1n) is 6.73. The Bertz CT molecular complexity index is 255. The molecule has 0 aliphatic heterocycles. The molecule has 0 radical (unpaired) electrons. The third-order valence-electron chi connectivity index (χ3n) is 2.83. The maximum Gasteiger partial charge on any atom is 0.315 e. The van der Waals surface area contributed by atoms with Gasteiger partial charge in [0.05, 0.1) is 6.42 Å². The third kappa shape index (κ3) is 8.84. The normalized spacial score (nSPS) is 12.2. The molecule has 0 aliphatic rings. The summed E-state index contributed by atoms with van der Waals surface area (Å²) in [6.45, 7) is 6.58. The van der Waals surface area contributed by atoms with Crippen molar-refractivity contribution in [2.24, 2.45) is 5.92 Å². The van der Waals surface area contributed by atoms with Crippen LogP contribution in [0.1, 0.15) is 52.9 Å². The Balaban J connectivity index is 3.84. The zero-order chi connectivity index (χ0) is 14.0. The van der Waals surface area contributed by atoms with Crippen LogP contribution in [0.5, 0.6) is 0 Å². The molecule has 0 rings (SSSR count). The lowest BCUT2D eigenvalue weighted by atomic mass is 10.0. The lowest BCUT2D eigenvalue weighted by Gasteiger charge is -2.20. The first-order valence-corrected chi connectivity index (χ1v) is 6.73. The minimum atomic E-state index is -0.892. The predicted molar refractivity (Wildman–Crippen MR) is 71.6 cm³/mol. The first kappa shape index (κ1) is 16.7. The van der Waals surface area contributed by atoms with E-state index in [9.17, 15) is 9.59 Å². The van der Waals surface area contributed by atoms with Gasteiger partial charge in [-0.1, -0.05) is 40.0 Å². The van der Waals surface area contributed by atoms with Gasteiger partial charge in [-0.3, -0.25) is 4.79 Å². The highest BCUT2D eigenvalue weighted by molar-refractivity contribution is 5.75. The van der Waals surface area contributed by atoms with Crippen LogP contribution in [0.2, 0.25) is 0 Å². The Morgan fingerprint density at radius 2 is 1.83 bits per heavy atom. The van der Waals surface area contributed by atoms with Crippen LogP contribution in [0.25, 0.3) is 0 Å². The minimum absolute atomic E-state index is 0.0408. The van der Waals surface area contributed by atoms with E-state index < -0.39 is 5.97 Å². The van der Waals surface area contributed by atoms with Crippen LogP contribution in [0.3, 0.4) is 0 Å². The van der Waals surface area contributed by atoms with Crippen molar-refractivity contribution in [3.63, 3.8) is 0 Å². The number of hydrogen-bond acceptors (Lipinski definition) is 2. The van der Waals surface area contributed by atoms with E-state index in [2.05, 4.69) is 17.6 Å². The average molecular weight is 258 g/mol. The maximum absolute atomic E-state index is 11.6. The average Bonchev–Trinajstić information content (AvgIpc) is 2.27. The number of carboxylic acids is 1. The van der Waals surface area contributed by atoms with Gasteiger partial charge in [-0.15, -0.1) is 0 Å². The van der Waals surface area contributed by atoms with Crippen molar-refractivity contribution in [2.45, 2.75) is 58.9 Å². The second-order valence-corrected chi connectivity index (χ2v) is 4.91. The molecule has 2 amide bonds. The maximum atomic E-state index is 11.6. The van der Waals surface area contributed by atoms with E-state index in [1.165, 1.54) is 12.8 Å². The van der Waals surface area contributed by atoms with Gasteiger partial charge < -0.3 is 15.7 Å². The van der Waals surface area contributed by atoms with Crippen molar-refractivity contribution in [1.82, 2.24) is 10.6 Å².